The molecule has 0 aliphatic rings. The second kappa shape index (κ2) is 6.18. The average molecular weight is 256 g/mol. The molecule has 2 rings (SSSR count). The van der Waals surface area contributed by atoms with Crippen LogP contribution < -0.4 is 10.6 Å². The van der Waals surface area contributed by atoms with E-state index in [1.54, 1.807) is 0 Å². The van der Waals surface area contributed by atoms with Crippen LogP contribution in [0.2, 0.25) is 0 Å². The third kappa shape index (κ3) is 3.22. The Balaban J connectivity index is 2.30. The molecule has 1 aromatic heterocycles. The highest BCUT2D eigenvalue weighted by molar-refractivity contribution is 5.63. The number of para-hydroxylation sites is 1. The number of anilines is 3. The summed E-state index contributed by atoms with van der Waals surface area (Å²) in [5.41, 5.74) is 3.47. The second-order valence-electron chi connectivity index (χ2n) is 4.51. The fraction of sp³-hybridized carbons (Fsp3) is 0.333. The molecule has 0 fully saturated rings. The van der Waals surface area contributed by atoms with Crippen LogP contribution in [0.25, 0.3) is 0 Å². The van der Waals surface area contributed by atoms with E-state index in [0.717, 1.165) is 29.9 Å². The Morgan fingerprint density at radius 3 is 2.74 bits per heavy atom. The summed E-state index contributed by atoms with van der Waals surface area (Å²) in [6, 6.07) is 8.35. The van der Waals surface area contributed by atoms with E-state index in [9.17, 15) is 0 Å². The molecule has 0 aliphatic carbocycles. The molecule has 2 N–H and O–H groups in total. The molecule has 0 amide bonds. The lowest BCUT2D eigenvalue weighted by Gasteiger charge is -2.13. The van der Waals surface area contributed by atoms with Gasteiger partial charge in [-0.25, -0.2) is 4.98 Å². The zero-order valence-corrected chi connectivity index (χ0v) is 11.7. The quantitative estimate of drug-likeness (QED) is 0.859. The van der Waals surface area contributed by atoms with Crippen molar-refractivity contribution < 1.29 is 0 Å². The first kappa shape index (κ1) is 13.3. The number of hydrogen-bond acceptors (Lipinski definition) is 4. The van der Waals surface area contributed by atoms with Crippen molar-refractivity contribution in [1.29, 1.82) is 0 Å². The van der Waals surface area contributed by atoms with Gasteiger partial charge in [-0.1, -0.05) is 31.5 Å². The summed E-state index contributed by atoms with van der Waals surface area (Å²) in [6.45, 7) is 4.19. The average Bonchev–Trinajstić information content (AvgIpc) is 2.43. The Morgan fingerprint density at radius 2 is 2.00 bits per heavy atom. The van der Waals surface area contributed by atoms with Gasteiger partial charge in [-0.2, -0.15) is 4.98 Å². The maximum Gasteiger partial charge on any atom is 0.224 e. The molecule has 1 aromatic carbocycles. The third-order valence-corrected chi connectivity index (χ3v) is 2.99. The van der Waals surface area contributed by atoms with Crippen LogP contribution in [0.4, 0.5) is 17.5 Å². The minimum atomic E-state index is 0.626. The van der Waals surface area contributed by atoms with Gasteiger partial charge in [0, 0.05) is 24.5 Å². The number of aromatic nitrogens is 2. The van der Waals surface area contributed by atoms with Crippen molar-refractivity contribution in [3.8, 4) is 0 Å². The number of hydrogen-bond donors (Lipinski definition) is 2. The lowest BCUT2D eigenvalue weighted by Crippen LogP contribution is -2.03. The molecule has 0 saturated carbocycles. The van der Waals surface area contributed by atoms with E-state index >= 15 is 0 Å². The predicted molar refractivity (Wildman–Crippen MR) is 80.0 cm³/mol. The molecule has 19 heavy (non-hydrogen) atoms. The van der Waals surface area contributed by atoms with Crippen molar-refractivity contribution in [2.75, 3.05) is 17.7 Å². The fourth-order valence-corrected chi connectivity index (χ4v) is 1.95. The molecular formula is C15H20N4. The molecule has 0 unspecified atom stereocenters. The Morgan fingerprint density at radius 1 is 1.21 bits per heavy atom. The van der Waals surface area contributed by atoms with Gasteiger partial charge in [0.2, 0.25) is 5.95 Å². The Kier molecular flexibility index (Phi) is 4.34. The normalized spacial score (nSPS) is 10.3. The van der Waals surface area contributed by atoms with E-state index < -0.39 is 0 Å². The van der Waals surface area contributed by atoms with Gasteiger partial charge in [-0.3, -0.25) is 0 Å². The van der Waals surface area contributed by atoms with Gasteiger partial charge in [0.15, 0.2) is 0 Å². The van der Waals surface area contributed by atoms with Crippen LogP contribution in [-0.2, 0) is 6.42 Å². The molecule has 0 aliphatic heterocycles. The van der Waals surface area contributed by atoms with Crippen molar-refractivity contribution in [3.05, 3.63) is 41.6 Å². The number of nitrogens with zero attached hydrogens (tertiary/aromatic N) is 2. The summed E-state index contributed by atoms with van der Waals surface area (Å²) in [5.74, 6) is 1.48. The van der Waals surface area contributed by atoms with Crippen molar-refractivity contribution in [2.24, 2.45) is 0 Å². The lowest BCUT2D eigenvalue weighted by atomic mass is 10.1. The fourth-order valence-electron chi connectivity index (χ4n) is 1.95. The monoisotopic (exact) mass is 256 g/mol. The van der Waals surface area contributed by atoms with Gasteiger partial charge in [0.25, 0.3) is 0 Å². The molecule has 100 valence electrons. The number of rotatable bonds is 5. The van der Waals surface area contributed by atoms with Gasteiger partial charge < -0.3 is 10.6 Å². The second-order valence-corrected chi connectivity index (χ2v) is 4.51. The highest BCUT2D eigenvalue weighted by Gasteiger charge is 2.06. The smallest absolute Gasteiger partial charge is 0.224 e. The molecule has 0 spiro atoms. The lowest BCUT2D eigenvalue weighted by molar-refractivity contribution is 0.923. The van der Waals surface area contributed by atoms with Crippen LogP contribution in [-0.4, -0.2) is 17.0 Å². The maximum absolute atomic E-state index is 4.45. The van der Waals surface area contributed by atoms with Gasteiger partial charge >= 0.3 is 0 Å². The molecule has 0 saturated heterocycles. The number of nitrogens with one attached hydrogen (secondary N) is 2. The first-order valence-corrected chi connectivity index (χ1v) is 6.61. The van der Waals surface area contributed by atoms with E-state index in [2.05, 4.69) is 45.7 Å². The Bertz CT molecular complexity index is 552. The van der Waals surface area contributed by atoms with Crippen LogP contribution in [0.3, 0.4) is 0 Å². The molecule has 1 heterocycles. The highest BCUT2D eigenvalue weighted by atomic mass is 15.1. The zero-order valence-electron chi connectivity index (χ0n) is 11.7. The van der Waals surface area contributed by atoms with Crippen molar-refractivity contribution >= 4 is 17.5 Å². The van der Waals surface area contributed by atoms with Gasteiger partial charge in [0.1, 0.15) is 5.82 Å². The first-order chi connectivity index (χ1) is 9.24. The van der Waals surface area contributed by atoms with Gasteiger partial charge in [0.05, 0.1) is 0 Å². The number of benzene rings is 1. The van der Waals surface area contributed by atoms with Gasteiger partial charge in [-0.15, -0.1) is 0 Å². The summed E-state index contributed by atoms with van der Waals surface area (Å²) in [7, 11) is 1.82. The summed E-state index contributed by atoms with van der Waals surface area (Å²) < 4.78 is 0. The standard InChI is InChI=1S/C15H20N4/c1-4-7-12-8-5-6-9-13(12)18-14-11(2)10-17-15(16-3)19-14/h5-6,8-10H,4,7H2,1-3H3,(H2,16,17,18,19). The number of aryl methyl sites for hydroxylation is 2. The molecular weight excluding hydrogens is 236 g/mol. The maximum atomic E-state index is 4.45. The first-order valence-electron chi connectivity index (χ1n) is 6.61. The Hall–Kier alpha value is -2.10. The molecule has 0 atom stereocenters. The van der Waals surface area contributed by atoms with Crippen LogP contribution in [0.1, 0.15) is 24.5 Å². The topological polar surface area (TPSA) is 49.8 Å². The van der Waals surface area contributed by atoms with Crippen LogP contribution in [0.5, 0.6) is 0 Å². The van der Waals surface area contributed by atoms with Crippen molar-refractivity contribution in [3.63, 3.8) is 0 Å². The van der Waals surface area contributed by atoms with E-state index in [0.29, 0.717) is 5.95 Å². The van der Waals surface area contributed by atoms with Crippen LogP contribution in [0.15, 0.2) is 30.5 Å². The van der Waals surface area contributed by atoms with E-state index in [-0.39, 0.29) is 0 Å². The SMILES string of the molecule is CCCc1ccccc1Nc1nc(NC)ncc1C. The van der Waals surface area contributed by atoms with Crippen molar-refractivity contribution in [1.82, 2.24) is 9.97 Å². The minimum Gasteiger partial charge on any atom is -0.357 e. The zero-order chi connectivity index (χ0) is 13.7. The van der Waals surface area contributed by atoms with Gasteiger partial charge in [-0.05, 0) is 25.0 Å². The summed E-state index contributed by atoms with van der Waals surface area (Å²) >= 11 is 0. The van der Waals surface area contributed by atoms with Crippen molar-refractivity contribution in [2.45, 2.75) is 26.7 Å². The minimum absolute atomic E-state index is 0.626. The summed E-state index contributed by atoms with van der Waals surface area (Å²) in [4.78, 5) is 8.65. The van der Waals surface area contributed by atoms with Crippen LogP contribution >= 0.6 is 0 Å². The third-order valence-electron chi connectivity index (χ3n) is 2.99. The Labute approximate surface area is 114 Å². The van der Waals surface area contributed by atoms with Crippen LogP contribution in [0, 0.1) is 6.92 Å². The molecule has 4 nitrogen and oxygen atoms in total. The van der Waals surface area contributed by atoms with E-state index in [4.69, 9.17) is 0 Å². The molecule has 4 heteroatoms. The molecule has 2 aromatic rings. The van der Waals surface area contributed by atoms with E-state index in [1.807, 2.05) is 26.2 Å². The summed E-state index contributed by atoms with van der Waals surface area (Å²) in [6.07, 6.45) is 4.01. The molecule has 0 bridgehead atoms. The van der Waals surface area contributed by atoms with E-state index in [1.165, 1.54) is 5.56 Å². The molecule has 0 radical (unpaired) electrons. The predicted octanol–water partition coefficient (Wildman–Crippen LogP) is 3.52. The summed E-state index contributed by atoms with van der Waals surface area (Å²) in [5, 5.41) is 6.37. The highest BCUT2D eigenvalue weighted by Crippen LogP contribution is 2.23. The largest absolute Gasteiger partial charge is 0.357 e.